The predicted molar refractivity (Wildman–Crippen MR) is 56.3 cm³/mol. The monoisotopic (exact) mass is 211 g/mol. The van der Waals surface area contributed by atoms with Gasteiger partial charge in [-0.15, -0.1) is 0 Å². The number of carboxylic acid groups (broad SMARTS) is 1. The van der Waals surface area contributed by atoms with Crippen molar-refractivity contribution in [2.24, 2.45) is 5.92 Å². The third-order valence-corrected chi connectivity index (χ3v) is 2.10. The molecule has 1 aromatic heterocycles. The second-order valence-corrected chi connectivity index (χ2v) is 3.98. The maximum atomic E-state index is 10.9. The molecule has 84 valence electrons. The number of rotatable bonds is 6. The van der Waals surface area contributed by atoms with E-state index in [0.717, 1.165) is 5.69 Å². The van der Waals surface area contributed by atoms with Crippen molar-refractivity contribution in [3.8, 4) is 0 Å². The van der Waals surface area contributed by atoms with Crippen molar-refractivity contribution in [1.29, 1.82) is 0 Å². The molecule has 1 heterocycles. The van der Waals surface area contributed by atoms with Crippen LogP contribution in [-0.4, -0.2) is 27.3 Å². The Bertz CT molecular complexity index is 296. The second kappa shape index (κ2) is 5.50. The standard InChI is InChI=1S/C10H17N3O2/c1-7(2)5-9(10(14)15)11-6-8-3-4-12-13-8/h3-4,7,9,11H,5-6H2,1-2H3,(H,12,13)(H,14,15). The largest absolute Gasteiger partial charge is 0.480 e. The van der Waals surface area contributed by atoms with E-state index in [4.69, 9.17) is 5.11 Å². The third-order valence-electron chi connectivity index (χ3n) is 2.10. The van der Waals surface area contributed by atoms with Crippen LogP contribution in [0.2, 0.25) is 0 Å². The number of aromatic nitrogens is 2. The van der Waals surface area contributed by atoms with Gasteiger partial charge in [-0.3, -0.25) is 15.2 Å². The Morgan fingerprint density at radius 1 is 1.67 bits per heavy atom. The number of nitrogens with one attached hydrogen (secondary N) is 2. The first-order chi connectivity index (χ1) is 7.09. The van der Waals surface area contributed by atoms with Crippen LogP contribution in [-0.2, 0) is 11.3 Å². The smallest absolute Gasteiger partial charge is 0.320 e. The summed E-state index contributed by atoms with van der Waals surface area (Å²) in [6, 6.07) is 1.33. The second-order valence-electron chi connectivity index (χ2n) is 3.98. The van der Waals surface area contributed by atoms with Gasteiger partial charge < -0.3 is 5.11 Å². The van der Waals surface area contributed by atoms with Gasteiger partial charge in [0, 0.05) is 18.4 Å². The Balaban J connectivity index is 2.41. The van der Waals surface area contributed by atoms with Crippen molar-refractivity contribution in [2.75, 3.05) is 0 Å². The molecule has 0 fully saturated rings. The van der Waals surface area contributed by atoms with Gasteiger partial charge in [0.05, 0.1) is 0 Å². The molecule has 0 bridgehead atoms. The van der Waals surface area contributed by atoms with Crippen LogP contribution < -0.4 is 5.32 Å². The van der Waals surface area contributed by atoms with Gasteiger partial charge in [-0.05, 0) is 18.4 Å². The molecule has 0 aliphatic heterocycles. The number of aliphatic carboxylic acids is 1. The third kappa shape index (κ3) is 4.12. The molecule has 1 rings (SSSR count). The van der Waals surface area contributed by atoms with Gasteiger partial charge >= 0.3 is 5.97 Å². The summed E-state index contributed by atoms with van der Waals surface area (Å²) in [7, 11) is 0. The lowest BCUT2D eigenvalue weighted by atomic mass is 10.0. The van der Waals surface area contributed by atoms with Gasteiger partial charge in [0.1, 0.15) is 6.04 Å². The molecular formula is C10H17N3O2. The van der Waals surface area contributed by atoms with Crippen LogP contribution in [0.4, 0.5) is 0 Å². The molecule has 15 heavy (non-hydrogen) atoms. The van der Waals surface area contributed by atoms with Crippen LogP contribution in [0.1, 0.15) is 26.0 Å². The molecule has 0 saturated carbocycles. The molecular weight excluding hydrogens is 194 g/mol. The van der Waals surface area contributed by atoms with Crippen LogP contribution in [0.3, 0.4) is 0 Å². The van der Waals surface area contributed by atoms with Crippen molar-refractivity contribution in [1.82, 2.24) is 15.5 Å². The average Bonchev–Trinajstić information content (AvgIpc) is 2.63. The Labute approximate surface area is 88.9 Å². The Morgan fingerprint density at radius 2 is 2.40 bits per heavy atom. The number of hydrogen-bond donors (Lipinski definition) is 3. The van der Waals surface area contributed by atoms with Crippen LogP contribution in [0.5, 0.6) is 0 Å². The average molecular weight is 211 g/mol. The highest BCUT2D eigenvalue weighted by molar-refractivity contribution is 5.73. The van der Waals surface area contributed by atoms with E-state index in [0.29, 0.717) is 18.9 Å². The van der Waals surface area contributed by atoms with E-state index in [1.165, 1.54) is 0 Å². The fraction of sp³-hybridized carbons (Fsp3) is 0.600. The molecule has 0 aliphatic carbocycles. The summed E-state index contributed by atoms with van der Waals surface area (Å²) < 4.78 is 0. The molecule has 5 nitrogen and oxygen atoms in total. The van der Waals surface area contributed by atoms with E-state index in [9.17, 15) is 4.79 Å². The summed E-state index contributed by atoms with van der Waals surface area (Å²) in [5, 5.41) is 18.5. The molecule has 0 aliphatic rings. The summed E-state index contributed by atoms with van der Waals surface area (Å²) in [4.78, 5) is 10.9. The molecule has 0 aromatic carbocycles. The molecule has 0 saturated heterocycles. The minimum absolute atomic E-state index is 0.361. The van der Waals surface area contributed by atoms with Gasteiger partial charge in [0.2, 0.25) is 0 Å². The first-order valence-corrected chi connectivity index (χ1v) is 5.04. The topological polar surface area (TPSA) is 78.0 Å². The van der Waals surface area contributed by atoms with E-state index in [1.807, 2.05) is 19.9 Å². The Kier molecular flexibility index (Phi) is 4.30. The number of H-pyrrole nitrogens is 1. The normalized spacial score (nSPS) is 13.0. The van der Waals surface area contributed by atoms with Gasteiger partial charge in [-0.2, -0.15) is 5.10 Å². The van der Waals surface area contributed by atoms with Gasteiger partial charge in [0.25, 0.3) is 0 Å². The fourth-order valence-electron chi connectivity index (χ4n) is 1.36. The Morgan fingerprint density at radius 3 is 2.87 bits per heavy atom. The number of nitrogens with zero attached hydrogens (tertiary/aromatic N) is 1. The highest BCUT2D eigenvalue weighted by atomic mass is 16.4. The van der Waals surface area contributed by atoms with Crippen molar-refractivity contribution < 1.29 is 9.90 Å². The van der Waals surface area contributed by atoms with E-state index in [2.05, 4.69) is 15.5 Å². The minimum atomic E-state index is -0.803. The fourth-order valence-corrected chi connectivity index (χ4v) is 1.36. The predicted octanol–water partition coefficient (Wildman–Crippen LogP) is 0.999. The lowest BCUT2D eigenvalue weighted by Gasteiger charge is -2.15. The van der Waals surface area contributed by atoms with Gasteiger partial charge in [0.15, 0.2) is 0 Å². The summed E-state index contributed by atoms with van der Waals surface area (Å²) in [5.74, 6) is -0.441. The molecule has 1 aromatic rings. The lowest BCUT2D eigenvalue weighted by Crippen LogP contribution is -2.37. The maximum absolute atomic E-state index is 10.9. The first-order valence-electron chi connectivity index (χ1n) is 5.04. The molecule has 3 N–H and O–H groups in total. The van der Waals surface area contributed by atoms with E-state index < -0.39 is 12.0 Å². The van der Waals surface area contributed by atoms with Crippen molar-refractivity contribution in [2.45, 2.75) is 32.9 Å². The lowest BCUT2D eigenvalue weighted by molar-refractivity contribution is -0.140. The van der Waals surface area contributed by atoms with Crippen LogP contribution in [0.25, 0.3) is 0 Å². The zero-order valence-corrected chi connectivity index (χ0v) is 9.03. The molecule has 0 radical (unpaired) electrons. The minimum Gasteiger partial charge on any atom is -0.480 e. The first kappa shape index (κ1) is 11.7. The van der Waals surface area contributed by atoms with E-state index >= 15 is 0 Å². The summed E-state index contributed by atoms with van der Waals surface area (Å²) in [6.45, 7) is 4.52. The molecule has 1 unspecified atom stereocenters. The zero-order valence-electron chi connectivity index (χ0n) is 9.03. The summed E-state index contributed by atoms with van der Waals surface area (Å²) >= 11 is 0. The number of carbonyl (C=O) groups is 1. The van der Waals surface area contributed by atoms with Crippen LogP contribution in [0, 0.1) is 5.92 Å². The number of aromatic amines is 1. The SMILES string of the molecule is CC(C)CC(NCc1ccn[nH]1)C(=O)O. The molecule has 0 spiro atoms. The summed E-state index contributed by atoms with van der Waals surface area (Å²) in [6.07, 6.45) is 2.28. The molecule has 5 heteroatoms. The molecule has 0 amide bonds. The highest BCUT2D eigenvalue weighted by Crippen LogP contribution is 2.05. The van der Waals surface area contributed by atoms with E-state index in [1.54, 1.807) is 6.20 Å². The Hall–Kier alpha value is -1.36. The van der Waals surface area contributed by atoms with E-state index in [-0.39, 0.29) is 0 Å². The van der Waals surface area contributed by atoms with Crippen LogP contribution >= 0.6 is 0 Å². The zero-order chi connectivity index (χ0) is 11.3. The van der Waals surface area contributed by atoms with Crippen molar-refractivity contribution in [3.63, 3.8) is 0 Å². The quantitative estimate of drug-likeness (QED) is 0.656. The van der Waals surface area contributed by atoms with Crippen LogP contribution in [0.15, 0.2) is 12.3 Å². The molecule has 1 atom stereocenters. The maximum Gasteiger partial charge on any atom is 0.320 e. The van der Waals surface area contributed by atoms with Gasteiger partial charge in [-0.1, -0.05) is 13.8 Å². The summed E-state index contributed by atoms with van der Waals surface area (Å²) in [5.41, 5.74) is 0.894. The van der Waals surface area contributed by atoms with Gasteiger partial charge in [-0.25, -0.2) is 0 Å². The van der Waals surface area contributed by atoms with Crippen molar-refractivity contribution >= 4 is 5.97 Å². The number of carboxylic acids is 1. The number of hydrogen-bond acceptors (Lipinski definition) is 3. The van der Waals surface area contributed by atoms with Crippen molar-refractivity contribution in [3.05, 3.63) is 18.0 Å². The highest BCUT2D eigenvalue weighted by Gasteiger charge is 2.17.